The van der Waals surface area contributed by atoms with E-state index in [0.717, 1.165) is 5.75 Å². The van der Waals surface area contributed by atoms with E-state index in [1.54, 1.807) is 24.3 Å². The number of carbonyl (C=O) groups is 1. The van der Waals surface area contributed by atoms with Crippen molar-refractivity contribution in [2.24, 2.45) is 0 Å². The standard InChI is InChI=1S/C17H15NO3/c18-11-10-14-6-4-5-9-16(14)17(19)21-13-12-20-15-7-2-1-3-8-15/h1-9H,10,12-13H2. The average Bonchev–Trinajstić information content (AvgIpc) is 2.53. The van der Waals surface area contributed by atoms with Crippen LogP contribution in [-0.4, -0.2) is 19.2 Å². The maximum absolute atomic E-state index is 12.0. The van der Waals surface area contributed by atoms with E-state index in [0.29, 0.717) is 11.1 Å². The lowest BCUT2D eigenvalue weighted by Crippen LogP contribution is -2.13. The molecule has 0 bridgehead atoms. The number of hydrogen-bond acceptors (Lipinski definition) is 4. The van der Waals surface area contributed by atoms with Gasteiger partial charge in [-0.3, -0.25) is 0 Å². The molecule has 0 aromatic heterocycles. The summed E-state index contributed by atoms with van der Waals surface area (Å²) in [5.41, 5.74) is 1.10. The van der Waals surface area contributed by atoms with E-state index in [2.05, 4.69) is 0 Å². The Hall–Kier alpha value is -2.80. The fourth-order valence-corrected chi connectivity index (χ4v) is 1.85. The van der Waals surface area contributed by atoms with Gasteiger partial charge in [-0.15, -0.1) is 0 Å². The van der Waals surface area contributed by atoms with Crippen LogP contribution in [0.15, 0.2) is 54.6 Å². The molecule has 21 heavy (non-hydrogen) atoms. The highest BCUT2D eigenvalue weighted by Gasteiger charge is 2.11. The Kier molecular flexibility index (Phi) is 5.36. The van der Waals surface area contributed by atoms with Gasteiger partial charge in [0, 0.05) is 0 Å². The predicted molar refractivity (Wildman–Crippen MR) is 78.0 cm³/mol. The summed E-state index contributed by atoms with van der Waals surface area (Å²) >= 11 is 0. The highest BCUT2D eigenvalue weighted by Crippen LogP contribution is 2.11. The summed E-state index contributed by atoms with van der Waals surface area (Å²) in [6, 6.07) is 18.3. The van der Waals surface area contributed by atoms with Gasteiger partial charge in [0.15, 0.2) is 0 Å². The zero-order chi connectivity index (χ0) is 14.9. The van der Waals surface area contributed by atoms with Crippen LogP contribution in [0.1, 0.15) is 15.9 Å². The molecule has 2 aromatic rings. The highest BCUT2D eigenvalue weighted by atomic mass is 16.6. The number of hydrogen-bond donors (Lipinski definition) is 0. The van der Waals surface area contributed by atoms with E-state index < -0.39 is 5.97 Å². The maximum Gasteiger partial charge on any atom is 0.338 e. The van der Waals surface area contributed by atoms with Crippen molar-refractivity contribution in [1.82, 2.24) is 0 Å². The molecule has 0 heterocycles. The van der Waals surface area contributed by atoms with Crippen LogP contribution in [0.5, 0.6) is 5.75 Å². The van der Waals surface area contributed by atoms with E-state index in [4.69, 9.17) is 14.7 Å². The zero-order valence-electron chi connectivity index (χ0n) is 11.5. The first-order valence-corrected chi connectivity index (χ1v) is 6.61. The van der Waals surface area contributed by atoms with Crippen LogP contribution in [0.2, 0.25) is 0 Å². The lowest BCUT2D eigenvalue weighted by molar-refractivity contribution is 0.0449. The van der Waals surface area contributed by atoms with Gasteiger partial charge in [0.25, 0.3) is 0 Å². The summed E-state index contributed by atoms with van der Waals surface area (Å²) in [6.45, 7) is 0.449. The van der Waals surface area contributed by atoms with Crippen LogP contribution in [0.4, 0.5) is 0 Å². The number of ether oxygens (including phenoxy) is 2. The normalized spacial score (nSPS) is 9.67. The van der Waals surface area contributed by atoms with Gasteiger partial charge in [0.05, 0.1) is 18.1 Å². The van der Waals surface area contributed by atoms with Gasteiger partial charge in [-0.2, -0.15) is 5.26 Å². The third-order valence-electron chi connectivity index (χ3n) is 2.84. The monoisotopic (exact) mass is 281 g/mol. The first-order chi connectivity index (χ1) is 10.3. The van der Waals surface area contributed by atoms with Crippen LogP contribution in [0.25, 0.3) is 0 Å². The van der Waals surface area contributed by atoms with Crippen LogP contribution < -0.4 is 4.74 Å². The molecular formula is C17H15NO3. The summed E-state index contributed by atoms with van der Waals surface area (Å²) in [4.78, 5) is 12.0. The molecule has 4 heteroatoms. The van der Waals surface area contributed by atoms with Gasteiger partial charge in [-0.05, 0) is 23.8 Å². The van der Waals surface area contributed by atoms with E-state index in [1.807, 2.05) is 36.4 Å². The molecule has 0 atom stereocenters. The maximum atomic E-state index is 12.0. The highest BCUT2D eigenvalue weighted by molar-refractivity contribution is 5.91. The van der Waals surface area contributed by atoms with Gasteiger partial charge < -0.3 is 9.47 Å². The lowest BCUT2D eigenvalue weighted by atomic mass is 10.1. The molecule has 0 spiro atoms. The first kappa shape index (κ1) is 14.6. The van der Waals surface area contributed by atoms with Gasteiger partial charge in [0.2, 0.25) is 0 Å². The fourth-order valence-electron chi connectivity index (χ4n) is 1.85. The largest absolute Gasteiger partial charge is 0.490 e. The molecule has 2 rings (SSSR count). The number of nitriles is 1. The number of para-hydroxylation sites is 1. The molecule has 4 nitrogen and oxygen atoms in total. The molecule has 106 valence electrons. The minimum Gasteiger partial charge on any atom is -0.490 e. The van der Waals surface area contributed by atoms with Crippen molar-refractivity contribution in [3.8, 4) is 11.8 Å². The molecule has 0 saturated carbocycles. The Labute approximate surface area is 123 Å². The van der Waals surface area contributed by atoms with Crippen molar-refractivity contribution >= 4 is 5.97 Å². The molecule has 0 fully saturated rings. The Bertz CT molecular complexity index is 632. The molecule has 0 aliphatic heterocycles. The Morgan fingerprint density at radius 1 is 1.00 bits per heavy atom. The molecule has 0 unspecified atom stereocenters. The zero-order valence-corrected chi connectivity index (χ0v) is 11.5. The fraction of sp³-hybridized carbons (Fsp3) is 0.176. The second-order valence-electron chi connectivity index (χ2n) is 4.29. The van der Waals surface area contributed by atoms with E-state index in [1.165, 1.54) is 0 Å². The van der Waals surface area contributed by atoms with Crippen LogP contribution in [0.3, 0.4) is 0 Å². The van der Waals surface area contributed by atoms with Gasteiger partial charge in [-0.1, -0.05) is 36.4 Å². The van der Waals surface area contributed by atoms with Crippen molar-refractivity contribution < 1.29 is 14.3 Å². The van der Waals surface area contributed by atoms with Crippen molar-refractivity contribution in [2.75, 3.05) is 13.2 Å². The van der Waals surface area contributed by atoms with Crippen molar-refractivity contribution in [3.05, 3.63) is 65.7 Å². The van der Waals surface area contributed by atoms with Gasteiger partial charge in [-0.25, -0.2) is 4.79 Å². The summed E-state index contributed by atoms with van der Waals surface area (Å²) in [7, 11) is 0. The minimum absolute atomic E-state index is 0.161. The molecule has 0 aliphatic carbocycles. The van der Waals surface area contributed by atoms with Crippen molar-refractivity contribution in [2.45, 2.75) is 6.42 Å². The number of nitrogens with zero attached hydrogens (tertiary/aromatic N) is 1. The summed E-state index contributed by atoms with van der Waals surface area (Å²) in [5.74, 6) is 0.302. The van der Waals surface area contributed by atoms with Crippen molar-refractivity contribution in [1.29, 1.82) is 5.26 Å². The number of carbonyl (C=O) groups excluding carboxylic acids is 1. The van der Waals surface area contributed by atoms with Gasteiger partial charge >= 0.3 is 5.97 Å². The SMILES string of the molecule is N#CCc1ccccc1C(=O)OCCOc1ccccc1. The van der Waals surface area contributed by atoms with E-state index in [9.17, 15) is 4.79 Å². The Morgan fingerprint density at radius 3 is 2.48 bits per heavy atom. The second-order valence-corrected chi connectivity index (χ2v) is 4.29. The van der Waals surface area contributed by atoms with Crippen molar-refractivity contribution in [3.63, 3.8) is 0 Å². The minimum atomic E-state index is -0.433. The predicted octanol–water partition coefficient (Wildman–Crippen LogP) is 2.99. The first-order valence-electron chi connectivity index (χ1n) is 6.61. The second kappa shape index (κ2) is 7.71. The third kappa shape index (κ3) is 4.36. The number of benzene rings is 2. The molecule has 0 aliphatic rings. The molecule has 0 amide bonds. The third-order valence-corrected chi connectivity index (χ3v) is 2.84. The molecular weight excluding hydrogens is 266 g/mol. The topological polar surface area (TPSA) is 59.3 Å². The molecule has 2 aromatic carbocycles. The molecule has 0 N–H and O–H groups in total. The summed E-state index contributed by atoms with van der Waals surface area (Å²) in [6.07, 6.45) is 0.186. The van der Waals surface area contributed by atoms with Gasteiger partial charge in [0.1, 0.15) is 19.0 Å². The smallest absolute Gasteiger partial charge is 0.338 e. The van der Waals surface area contributed by atoms with E-state index in [-0.39, 0.29) is 19.6 Å². The Balaban J connectivity index is 1.84. The van der Waals surface area contributed by atoms with Crippen LogP contribution >= 0.6 is 0 Å². The summed E-state index contributed by atoms with van der Waals surface area (Å²) < 4.78 is 10.6. The molecule has 0 radical (unpaired) electrons. The quantitative estimate of drug-likeness (QED) is 0.603. The number of esters is 1. The number of rotatable bonds is 6. The van der Waals surface area contributed by atoms with Crippen LogP contribution in [-0.2, 0) is 11.2 Å². The van der Waals surface area contributed by atoms with E-state index >= 15 is 0 Å². The Morgan fingerprint density at radius 2 is 1.71 bits per heavy atom. The van der Waals surface area contributed by atoms with Crippen LogP contribution in [0, 0.1) is 11.3 Å². The summed E-state index contributed by atoms with van der Waals surface area (Å²) in [5, 5.41) is 8.74. The lowest BCUT2D eigenvalue weighted by Gasteiger charge is -2.09. The molecule has 0 saturated heterocycles. The average molecular weight is 281 g/mol.